The Kier molecular flexibility index (Phi) is 8.43. The molecule has 0 bridgehead atoms. The van der Waals surface area contributed by atoms with Gasteiger partial charge in [-0.15, -0.1) is 0 Å². The molecule has 0 aromatic rings. The Morgan fingerprint density at radius 3 is 2.47 bits per heavy atom. The first-order valence-corrected chi connectivity index (χ1v) is 14.3. The van der Waals surface area contributed by atoms with Gasteiger partial charge < -0.3 is 24.4 Å². The molecule has 4 aliphatic rings. The first-order chi connectivity index (χ1) is 17.9. The number of allylic oxidation sites excluding steroid dienone is 1. The van der Waals surface area contributed by atoms with Crippen molar-refractivity contribution >= 4 is 17.8 Å². The zero-order valence-corrected chi connectivity index (χ0v) is 23.8. The number of aliphatic hydroxyl groups is 1. The van der Waals surface area contributed by atoms with E-state index in [0.29, 0.717) is 32.5 Å². The number of hydrogen-bond acceptors (Lipinski definition) is 6. The Hall–Kier alpha value is -2.19. The van der Waals surface area contributed by atoms with Crippen LogP contribution < -0.4 is 0 Å². The molecule has 212 valence electrons. The maximum Gasteiger partial charge on any atom is 0.312 e. The van der Waals surface area contributed by atoms with Crippen LogP contribution in [0.15, 0.2) is 24.3 Å². The minimum Gasteiger partial charge on any atom is -0.465 e. The van der Waals surface area contributed by atoms with E-state index in [2.05, 4.69) is 34.6 Å². The standard InChI is InChI=1S/C30H46N2O6/c1-28(2,3)20-29(4,5)32-17-13-15-30-23(22-21(38-30)14-9-8-12-19-37-27(22)36)25(34)31(24(30)26(32)35)16-10-6-7-11-18-33/h9,13-15,21-24,33H,6-8,10-12,16-20H2,1-5H3/b14-9-/t21-,22+,23+,24?,30+/m1/s1. The summed E-state index contributed by atoms with van der Waals surface area (Å²) in [5, 5.41) is 9.14. The van der Waals surface area contributed by atoms with Crippen LogP contribution in [0, 0.1) is 17.3 Å². The summed E-state index contributed by atoms with van der Waals surface area (Å²) in [7, 11) is 0. The molecule has 2 saturated heterocycles. The van der Waals surface area contributed by atoms with Gasteiger partial charge in [-0.05, 0) is 51.4 Å². The Labute approximate surface area is 227 Å². The second-order valence-electron chi connectivity index (χ2n) is 13.2. The Balaban J connectivity index is 1.74. The summed E-state index contributed by atoms with van der Waals surface area (Å²) in [5.41, 5.74) is -1.67. The Bertz CT molecular complexity index is 966. The van der Waals surface area contributed by atoms with Gasteiger partial charge >= 0.3 is 5.97 Å². The normalized spacial score (nSPS) is 32.6. The molecule has 8 nitrogen and oxygen atoms in total. The largest absolute Gasteiger partial charge is 0.465 e. The average molecular weight is 531 g/mol. The number of esters is 1. The molecule has 1 N–H and O–H groups in total. The van der Waals surface area contributed by atoms with Crippen molar-refractivity contribution in [2.24, 2.45) is 17.3 Å². The molecule has 4 aliphatic heterocycles. The zero-order chi connectivity index (χ0) is 27.7. The topological polar surface area (TPSA) is 96.4 Å². The van der Waals surface area contributed by atoms with Crippen molar-refractivity contribution < 1.29 is 29.0 Å². The summed E-state index contributed by atoms with van der Waals surface area (Å²) >= 11 is 0. The summed E-state index contributed by atoms with van der Waals surface area (Å²) in [6.45, 7) is 12.0. The van der Waals surface area contributed by atoms with Crippen molar-refractivity contribution in [2.75, 3.05) is 26.3 Å². The fraction of sp³-hybridized carbons (Fsp3) is 0.767. The van der Waals surface area contributed by atoms with Crippen molar-refractivity contribution in [3.63, 3.8) is 0 Å². The second kappa shape index (κ2) is 11.1. The molecule has 1 spiro atoms. The summed E-state index contributed by atoms with van der Waals surface area (Å²) in [6, 6.07) is -0.840. The molecule has 2 fully saturated rings. The highest BCUT2D eigenvalue weighted by molar-refractivity contribution is 5.99. The number of fused-ring (bicyclic) bond motifs is 2. The van der Waals surface area contributed by atoms with Crippen molar-refractivity contribution in [1.29, 1.82) is 0 Å². The number of unbranched alkanes of at least 4 members (excludes halogenated alkanes) is 3. The van der Waals surface area contributed by atoms with Crippen molar-refractivity contribution in [2.45, 2.75) is 103 Å². The van der Waals surface area contributed by atoms with Crippen LogP contribution in [0.1, 0.15) is 79.6 Å². The number of hydrogen-bond donors (Lipinski definition) is 1. The van der Waals surface area contributed by atoms with Crippen molar-refractivity contribution in [1.82, 2.24) is 9.80 Å². The van der Waals surface area contributed by atoms with Crippen LogP contribution in [0.25, 0.3) is 0 Å². The van der Waals surface area contributed by atoms with Crippen LogP contribution in [0.3, 0.4) is 0 Å². The van der Waals surface area contributed by atoms with Gasteiger partial charge in [0.25, 0.3) is 0 Å². The van der Waals surface area contributed by atoms with Gasteiger partial charge in [0, 0.05) is 25.2 Å². The van der Waals surface area contributed by atoms with Gasteiger partial charge in [0.15, 0.2) is 0 Å². The molecular weight excluding hydrogens is 484 g/mol. The molecule has 5 atom stereocenters. The summed E-state index contributed by atoms with van der Waals surface area (Å²) in [4.78, 5) is 45.5. The molecule has 0 aromatic carbocycles. The number of likely N-dealkylation sites (tertiary alicyclic amines) is 1. The average Bonchev–Trinajstić information content (AvgIpc) is 3.21. The van der Waals surface area contributed by atoms with Crippen LogP contribution in [-0.2, 0) is 23.9 Å². The SMILES string of the molecule is CC(C)(C)CC(C)(C)N1CC=C[C@]23O[C@@H]4/C=C\CCCOC(=O)[C@@H]4[C@H]2C(=O)N(CCCCCCO)C3C1=O. The zero-order valence-electron chi connectivity index (χ0n) is 23.8. The van der Waals surface area contributed by atoms with E-state index in [4.69, 9.17) is 14.6 Å². The Morgan fingerprint density at radius 2 is 1.76 bits per heavy atom. The third-order valence-electron chi connectivity index (χ3n) is 8.35. The van der Waals surface area contributed by atoms with Crippen LogP contribution in [0.2, 0.25) is 0 Å². The number of nitrogens with zero attached hydrogens (tertiary/aromatic N) is 2. The molecule has 2 amide bonds. The minimum absolute atomic E-state index is 0.000271. The fourth-order valence-corrected chi connectivity index (χ4v) is 7.18. The van der Waals surface area contributed by atoms with Crippen LogP contribution >= 0.6 is 0 Å². The molecule has 0 radical (unpaired) electrons. The number of carbonyl (C=O) groups is 3. The van der Waals surface area contributed by atoms with E-state index in [-0.39, 0.29) is 23.8 Å². The van der Waals surface area contributed by atoms with E-state index in [9.17, 15) is 14.4 Å². The summed E-state index contributed by atoms with van der Waals surface area (Å²) < 4.78 is 12.3. The van der Waals surface area contributed by atoms with Gasteiger partial charge in [0.1, 0.15) is 17.6 Å². The highest BCUT2D eigenvalue weighted by atomic mass is 16.6. The molecule has 0 aliphatic carbocycles. The van der Waals surface area contributed by atoms with Gasteiger partial charge in [-0.25, -0.2) is 0 Å². The quantitative estimate of drug-likeness (QED) is 0.293. The number of aliphatic hydroxyl groups excluding tert-OH is 1. The minimum atomic E-state index is -1.22. The molecule has 4 rings (SSSR count). The number of ether oxygens (including phenoxy) is 2. The van der Waals surface area contributed by atoms with E-state index in [1.54, 1.807) is 4.90 Å². The van der Waals surface area contributed by atoms with E-state index < -0.39 is 41.1 Å². The van der Waals surface area contributed by atoms with Crippen LogP contribution in [0.5, 0.6) is 0 Å². The first-order valence-electron chi connectivity index (χ1n) is 14.3. The number of carbonyl (C=O) groups excluding carboxylic acids is 3. The van der Waals surface area contributed by atoms with Gasteiger partial charge in [-0.1, -0.05) is 57.9 Å². The highest BCUT2D eigenvalue weighted by Gasteiger charge is 2.72. The molecular formula is C30H46N2O6. The molecule has 1 unspecified atom stereocenters. The predicted molar refractivity (Wildman–Crippen MR) is 144 cm³/mol. The third kappa shape index (κ3) is 5.44. The molecule has 4 heterocycles. The second-order valence-corrected chi connectivity index (χ2v) is 13.2. The first kappa shape index (κ1) is 28.8. The summed E-state index contributed by atoms with van der Waals surface area (Å²) in [5.74, 6) is -2.35. The highest BCUT2D eigenvalue weighted by Crippen LogP contribution is 2.53. The van der Waals surface area contributed by atoms with Crippen LogP contribution in [-0.4, -0.2) is 82.3 Å². The van der Waals surface area contributed by atoms with E-state index >= 15 is 0 Å². The van der Waals surface area contributed by atoms with Gasteiger partial charge in [0.2, 0.25) is 11.8 Å². The lowest BCUT2D eigenvalue weighted by Gasteiger charge is -2.44. The molecule has 0 aromatic heterocycles. The van der Waals surface area contributed by atoms with Gasteiger partial charge in [0.05, 0.1) is 18.6 Å². The van der Waals surface area contributed by atoms with E-state index in [1.807, 2.05) is 29.2 Å². The fourth-order valence-electron chi connectivity index (χ4n) is 7.18. The molecule has 0 saturated carbocycles. The number of amides is 2. The van der Waals surface area contributed by atoms with Gasteiger partial charge in [-0.3, -0.25) is 14.4 Å². The maximum atomic E-state index is 14.5. The smallest absolute Gasteiger partial charge is 0.312 e. The maximum absolute atomic E-state index is 14.5. The van der Waals surface area contributed by atoms with Crippen LogP contribution in [0.4, 0.5) is 0 Å². The lowest BCUT2D eigenvalue weighted by molar-refractivity contribution is -0.155. The monoisotopic (exact) mass is 530 g/mol. The lowest BCUT2D eigenvalue weighted by Crippen LogP contribution is -2.59. The lowest BCUT2D eigenvalue weighted by atomic mass is 9.77. The van der Waals surface area contributed by atoms with E-state index in [0.717, 1.165) is 32.1 Å². The Morgan fingerprint density at radius 1 is 1.03 bits per heavy atom. The number of cyclic esters (lactones) is 1. The third-order valence-corrected chi connectivity index (χ3v) is 8.35. The molecule has 38 heavy (non-hydrogen) atoms. The van der Waals surface area contributed by atoms with Gasteiger partial charge in [-0.2, -0.15) is 0 Å². The van der Waals surface area contributed by atoms with Crippen molar-refractivity contribution in [3.8, 4) is 0 Å². The van der Waals surface area contributed by atoms with Crippen molar-refractivity contribution in [3.05, 3.63) is 24.3 Å². The number of rotatable bonds is 8. The predicted octanol–water partition coefficient (Wildman–Crippen LogP) is 3.63. The molecule has 8 heteroatoms. The van der Waals surface area contributed by atoms with E-state index in [1.165, 1.54) is 0 Å². The summed E-state index contributed by atoms with van der Waals surface area (Å²) in [6.07, 6.45) is 12.5.